The molecule has 45 heavy (non-hydrogen) atoms. The van der Waals surface area contributed by atoms with E-state index in [-0.39, 0.29) is 16.8 Å². The monoisotopic (exact) mass is 651 g/mol. The molecule has 0 unspecified atom stereocenters. The number of nitriles is 1. The molecule has 220 valence electrons. The van der Waals surface area contributed by atoms with E-state index in [1.165, 1.54) is 29.5 Å². The minimum atomic E-state index is -0.681. The fourth-order valence-electron chi connectivity index (χ4n) is 4.69. The standard InChI is InChI=1S/C32H18ClN5O5S2/c1-17-23(33)7-4-8-24(17)35-29(39)19(16-34)13-18-9-12-27(26(14-18)38(42)43)44-32-36-25-11-10-20(15-28(25)45-32)37-30(40)21-5-2-3-6-22(21)31(37)41/h2-15H,1H3,(H,35,39)/b19-13+. The van der Waals surface area contributed by atoms with Crippen molar-refractivity contribution < 1.29 is 19.3 Å². The highest BCUT2D eigenvalue weighted by Crippen LogP contribution is 2.40. The van der Waals surface area contributed by atoms with Gasteiger partial charge in [-0.1, -0.05) is 47.6 Å². The van der Waals surface area contributed by atoms with Gasteiger partial charge in [0.1, 0.15) is 11.6 Å². The number of imide groups is 1. The van der Waals surface area contributed by atoms with Gasteiger partial charge in [0.25, 0.3) is 23.4 Å². The van der Waals surface area contributed by atoms with Crippen molar-refractivity contribution in [1.29, 1.82) is 5.26 Å². The van der Waals surface area contributed by atoms with Crippen LogP contribution in [0.3, 0.4) is 0 Å². The number of nitrogens with one attached hydrogen (secondary N) is 1. The highest BCUT2D eigenvalue weighted by Gasteiger charge is 2.36. The van der Waals surface area contributed by atoms with Crippen molar-refractivity contribution in [2.24, 2.45) is 0 Å². The van der Waals surface area contributed by atoms with Crippen LogP contribution in [0.5, 0.6) is 0 Å². The van der Waals surface area contributed by atoms with E-state index in [2.05, 4.69) is 10.3 Å². The second-order valence-corrected chi connectivity index (χ2v) is 12.5. The molecule has 13 heteroatoms. The molecule has 1 aliphatic heterocycles. The molecule has 1 N–H and O–H groups in total. The van der Waals surface area contributed by atoms with Gasteiger partial charge in [-0.15, -0.1) is 11.3 Å². The van der Waals surface area contributed by atoms with Gasteiger partial charge in [0.15, 0.2) is 4.34 Å². The second-order valence-electron chi connectivity index (χ2n) is 9.75. The summed E-state index contributed by atoms with van der Waals surface area (Å²) in [6, 6.07) is 22.9. The van der Waals surface area contributed by atoms with Crippen LogP contribution in [0.15, 0.2) is 93.7 Å². The van der Waals surface area contributed by atoms with E-state index in [1.54, 1.807) is 73.7 Å². The maximum atomic E-state index is 12.9. The van der Waals surface area contributed by atoms with Crippen LogP contribution in [-0.4, -0.2) is 27.6 Å². The molecule has 10 nitrogen and oxygen atoms in total. The smallest absolute Gasteiger partial charge is 0.283 e. The Kier molecular flexibility index (Phi) is 7.90. The molecule has 0 atom stereocenters. The van der Waals surface area contributed by atoms with E-state index in [4.69, 9.17) is 11.6 Å². The molecule has 0 fully saturated rings. The average Bonchev–Trinajstić information content (AvgIpc) is 3.55. The minimum absolute atomic E-state index is 0.233. The number of hydrogen-bond acceptors (Lipinski definition) is 9. The van der Waals surface area contributed by atoms with Crippen LogP contribution in [0.1, 0.15) is 31.8 Å². The number of anilines is 2. The molecule has 6 rings (SSSR count). The van der Waals surface area contributed by atoms with Crippen LogP contribution in [0.2, 0.25) is 5.02 Å². The molecule has 3 amide bonds. The molecule has 0 saturated carbocycles. The van der Waals surface area contributed by atoms with Crippen LogP contribution < -0.4 is 10.2 Å². The number of nitro groups is 1. The van der Waals surface area contributed by atoms with Gasteiger partial charge in [0.2, 0.25) is 0 Å². The number of amides is 3. The van der Waals surface area contributed by atoms with Crippen LogP contribution in [0, 0.1) is 28.4 Å². The van der Waals surface area contributed by atoms with E-state index in [9.17, 15) is 29.8 Å². The molecule has 2 heterocycles. The number of aromatic nitrogens is 1. The zero-order valence-electron chi connectivity index (χ0n) is 23.1. The normalized spacial score (nSPS) is 12.7. The fraction of sp³-hybridized carbons (Fsp3) is 0.0312. The molecular weight excluding hydrogens is 634 g/mol. The number of carbonyl (C=O) groups excluding carboxylic acids is 3. The lowest BCUT2D eigenvalue weighted by Crippen LogP contribution is -2.29. The van der Waals surface area contributed by atoms with Crippen LogP contribution >= 0.6 is 34.7 Å². The number of nitrogens with zero attached hydrogens (tertiary/aromatic N) is 4. The van der Waals surface area contributed by atoms with Crippen molar-refractivity contribution in [1.82, 2.24) is 4.98 Å². The van der Waals surface area contributed by atoms with Crippen molar-refractivity contribution in [3.63, 3.8) is 0 Å². The van der Waals surface area contributed by atoms with Crippen molar-refractivity contribution in [2.45, 2.75) is 16.2 Å². The lowest BCUT2D eigenvalue weighted by molar-refractivity contribution is -0.387. The lowest BCUT2D eigenvalue weighted by atomic mass is 10.1. The van der Waals surface area contributed by atoms with Gasteiger partial charge in [-0.05, 0) is 72.7 Å². The van der Waals surface area contributed by atoms with Crippen molar-refractivity contribution in [3.05, 3.63) is 122 Å². The number of benzene rings is 4. The van der Waals surface area contributed by atoms with Crippen molar-refractivity contribution >= 4 is 85.8 Å². The summed E-state index contributed by atoms with van der Waals surface area (Å²) in [6.45, 7) is 1.73. The lowest BCUT2D eigenvalue weighted by Gasteiger charge is -2.13. The summed E-state index contributed by atoms with van der Waals surface area (Å²) in [5.74, 6) is -1.50. The number of carbonyl (C=O) groups is 3. The summed E-state index contributed by atoms with van der Waals surface area (Å²) < 4.78 is 1.19. The van der Waals surface area contributed by atoms with Gasteiger partial charge in [0.05, 0.1) is 36.8 Å². The van der Waals surface area contributed by atoms with E-state index < -0.39 is 22.6 Å². The molecular formula is C32H18ClN5O5S2. The Bertz CT molecular complexity index is 2140. The summed E-state index contributed by atoms with van der Waals surface area (Å²) in [6.07, 6.45) is 1.27. The third-order valence-corrected chi connectivity index (χ3v) is 9.53. The van der Waals surface area contributed by atoms with E-state index in [0.29, 0.717) is 52.5 Å². The average molecular weight is 652 g/mol. The highest BCUT2D eigenvalue weighted by molar-refractivity contribution is 8.01. The van der Waals surface area contributed by atoms with Gasteiger partial charge in [-0.3, -0.25) is 24.5 Å². The Morgan fingerprint density at radius 3 is 2.49 bits per heavy atom. The first kappa shape index (κ1) is 29.7. The third kappa shape index (κ3) is 5.67. The third-order valence-electron chi connectivity index (χ3n) is 6.97. The van der Waals surface area contributed by atoms with E-state index >= 15 is 0 Å². The molecule has 0 aliphatic carbocycles. The molecule has 0 spiro atoms. The first-order valence-electron chi connectivity index (χ1n) is 13.2. The van der Waals surface area contributed by atoms with Gasteiger partial charge in [-0.25, -0.2) is 9.88 Å². The minimum Gasteiger partial charge on any atom is -0.321 e. The Labute approximate surface area is 268 Å². The topological polar surface area (TPSA) is 146 Å². The number of fused-ring (bicyclic) bond motifs is 2. The zero-order valence-corrected chi connectivity index (χ0v) is 25.5. The van der Waals surface area contributed by atoms with E-state index in [0.717, 1.165) is 16.7 Å². The largest absolute Gasteiger partial charge is 0.321 e. The predicted octanol–water partition coefficient (Wildman–Crippen LogP) is 7.66. The number of nitro benzene ring substituents is 1. The Balaban J connectivity index is 1.25. The van der Waals surface area contributed by atoms with Crippen molar-refractivity contribution in [3.8, 4) is 6.07 Å². The maximum Gasteiger partial charge on any atom is 0.283 e. The zero-order chi connectivity index (χ0) is 31.8. The molecule has 0 radical (unpaired) electrons. The number of rotatable bonds is 7. The number of hydrogen-bond donors (Lipinski definition) is 1. The highest BCUT2D eigenvalue weighted by atomic mass is 35.5. The quantitative estimate of drug-likeness (QED) is 0.0620. The molecule has 1 aromatic heterocycles. The van der Waals surface area contributed by atoms with Gasteiger partial charge in [-0.2, -0.15) is 5.26 Å². The van der Waals surface area contributed by atoms with Crippen LogP contribution in [0.25, 0.3) is 16.3 Å². The Hall–Kier alpha value is -5.35. The summed E-state index contributed by atoms with van der Waals surface area (Å²) in [4.78, 5) is 56.1. The summed E-state index contributed by atoms with van der Waals surface area (Å²) in [7, 11) is 0. The molecule has 4 aromatic carbocycles. The molecule has 0 saturated heterocycles. The Morgan fingerprint density at radius 2 is 1.80 bits per heavy atom. The number of halogens is 1. The maximum absolute atomic E-state index is 12.9. The predicted molar refractivity (Wildman–Crippen MR) is 173 cm³/mol. The van der Waals surface area contributed by atoms with Gasteiger partial charge >= 0.3 is 0 Å². The summed E-state index contributed by atoms with van der Waals surface area (Å²) in [5, 5.41) is 24.7. The first-order valence-corrected chi connectivity index (χ1v) is 15.2. The van der Waals surface area contributed by atoms with Gasteiger partial charge < -0.3 is 5.32 Å². The fourth-order valence-corrected chi connectivity index (χ4v) is 7.01. The summed E-state index contributed by atoms with van der Waals surface area (Å²) in [5.41, 5.74) is 2.57. The first-order chi connectivity index (χ1) is 21.6. The Morgan fingerprint density at radius 1 is 1.07 bits per heavy atom. The summed E-state index contributed by atoms with van der Waals surface area (Å²) >= 11 is 8.46. The van der Waals surface area contributed by atoms with Crippen molar-refractivity contribution in [2.75, 3.05) is 10.2 Å². The second kappa shape index (κ2) is 12.0. The SMILES string of the molecule is Cc1c(Cl)cccc1NC(=O)/C(C#N)=C/c1ccc(Sc2nc3ccc(N4C(=O)c5ccccc5C4=O)cc3s2)c([N+](=O)[O-])c1. The van der Waals surface area contributed by atoms with E-state index in [1.807, 2.05) is 6.07 Å². The molecule has 1 aliphatic rings. The van der Waals surface area contributed by atoms with Crippen LogP contribution in [0.4, 0.5) is 17.1 Å². The number of thiazole rings is 1. The van der Waals surface area contributed by atoms with Crippen LogP contribution in [-0.2, 0) is 4.79 Å². The molecule has 5 aromatic rings. The van der Waals surface area contributed by atoms with Gasteiger partial charge in [0, 0.05) is 16.8 Å². The molecule has 0 bridgehead atoms.